The molecule has 0 saturated carbocycles. The van der Waals surface area contributed by atoms with Crippen molar-refractivity contribution in [2.45, 2.75) is 31.1 Å². The Bertz CT molecular complexity index is 1010. The molecular weight excluding hydrogens is 420 g/mol. The number of benzene rings is 2. The molecule has 0 aliphatic carbocycles. The van der Waals surface area contributed by atoms with Gasteiger partial charge in [-0.2, -0.15) is 4.31 Å². The zero-order chi connectivity index (χ0) is 22.3. The molecule has 1 aliphatic rings. The molecule has 1 saturated heterocycles. The number of esters is 1. The first-order chi connectivity index (χ1) is 14.9. The largest absolute Gasteiger partial charge is 0.494 e. The van der Waals surface area contributed by atoms with Gasteiger partial charge in [0, 0.05) is 18.8 Å². The van der Waals surface area contributed by atoms with Gasteiger partial charge in [-0.05, 0) is 55.7 Å². The number of carbonyl (C=O) groups excluding carboxylic acids is 2. The highest BCUT2D eigenvalue weighted by molar-refractivity contribution is 7.89. The van der Waals surface area contributed by atoms with E-state index in [0.29, 0.717) is 31.1 Å². The minimum Gasteiger partial charge on any atom is -0.494 e. The maximum atomic E-state index is 12.7. The van der Waals surface area contributed by atoms with E-state index in [1.165, 1.54) is 16.4 Å². The fourth-order valence-electron chi connectivity index (χ4n) is 3.24. The first-order valence-electron chi connectivity index (χ1n) is 10.2. The molecule has 9 heteroatoms. The van der Waals surface area contributed by atoms with Gasteiger partial charge in [0.25, 0.3) is 5.91 Å². The van der Waals surface area contributed by atoms with Gasteiger partial charge in [0.05, 0.1) is 17.9 Å². The van der Waals surface area contributed by atoms with Crippen LogP contribution in [-0.4, -0.2) is 50.9 Å². The van der Waals surface area contributed by atoms with Crippen molar-refractivity contribution in [3.05, 3.63) is 54.1 Å². The first-order valence-corrected chi connectivity index (χ1v) is 11.6. The maximum Gasteiger partial charge on any atom is 0.310 e. The Morgan fingerprint density at radius 3 is 2.45 bits per heavy atom. The van der Waals surface area contributed by atoms with Crippen molar-refractivity contribution in [1.29, 1.82) is 0 Å². The van der Waals surface area contributed by atoms with E-state index in [-0.39, 0.29) is 11.3 Å². The fraction of sp³-hybridized carbons (Fsp3) is 0.364. The van der Waals surface area contributed by atoms with Gasteiger partial charge in [0.1, 0.15) is 5.75 Å². The van der Waals surface area contributed by atoms with Crippen LogP contribution in [0.5, 0.6) is 5.75 Å². The first kappa shape index (κ1) is 22.8. The predicted octanol–water partition coefficient (Wildman–Crippen LogP) is 2.59. The molecule has 0 radical (unpaired) electrons. The molecule has 3 rings (SSSR count). The lowest BCUT2D eigenvalue weighted by molar-refractivity contribution is -0.146. The summed E-state index contributed by atoms with van der Waals surface area (Å²) in [6.45, 7) is 2.99. The smallest absolute Gasteiger partial charge is 0.310 e. The lowest BCUT2D eigenvalue weighted by Crippen LogP contribution is -2.28. The van der Waals surface area contributed by atoms with Crippen LogP contribution in [0.25, 0.3) is 0 Å². The predicted molar refractivity (Wildman–Crippen MR) is 115 cm³/mol. The standard InChI is InChI=1S/C22H26N2O6S/c1-2-29-19-10-8-17(9-11-19)14-22(26)30-16-21(25)23-18-6-5-7-20(15-18)31(27,28)24-12-3-4-13-24/h5-11,15H,2-4,12-14,16H2,1H3,(H,23,25). The Kier molecular flexibility index (Phi) is 7.64. The molecule has 0 atom stereocenters. The number of hydrogen-bond donors (Lipinski definition) is 1. The van der Waals surface area contributed by atoms with Crippen molar-refractivity contribution in [3.63, 3.8) is 0 Å². The van der Waals surface area contributed by atoms with Gasteiger partial charge in [-0.3, -0.25) is 9.59 Å². The third kappa shape index (κ3) is 6.28. The molecular formula is C22H26N2O6S. The molecule has 1 N–H and O–H groups in total. The maximum absolute atomic E-state index is 12.7. The summed E-state index contributed by atoms with van der Waals surface area (Å²) in [5.74, 6) is -0.367. The van der Waals surface area contributed by atoms with Gasteiger partial charge in [-0.25, -0.2) is 8.42 Å². The van der Waals surface area contributed by atoms with E-state index in [2.05, 4.69) is 5.32 Å². The minimum absolute atomic E-state index is 0.0310. The van der Waals surface area contributed by atoms with Crippen molar-refractivity contribution in [2.75, 3.05) is 31.6 Å². The summed E-state index contributed by atoms with van der Waals surface area (Å²) in [6.07, 6.45) is 1.72. The van der Waals surface area contributed by atoms with E-state index in [1.54, 1.807) is 36.4 Å². The number of ether oxygens (including phenoxy) is 2. The lowest BCUT2D eigenvalue weighted by Gasteiger charge is -2.16. The van der Waals surface area contributed by atoms with Crippen molar-refractivity contribution < 1.29 is 27.5 Å². The number of nitrogens with one attached hydrogen (secondary N) is 1. The van der Waals surface area contributed by atoms with E-state index in [1.807, 2.05) is 6.92 Å². The third-order valence-corrected chi connectivity index (χ3v) is 6.66. The summed E-state index contributed by atoms with van der Waals surface area (Å²) in [7, 11) is -3.58. The zero-order valence-corrected chi connectivity index (χ0v) is 18.2. The lowest BCUT2D eigenvalue weighted by atomic mass is 10.1. The van der Waals surface area contributed by atoms with E-state index in [0.717, 1.165) is 18.4 Å². The van der Waals surface area contributed by atoms with E-state index < -0.39 is 28.5 Å². The van der Waals surface area contributed by atoms with Gasteiger partial charge in [0.2, 0.25) is 10.0 Å². The molecule has 8 nitrogen and oxygen atoms in total. The average molecular weight is 447 g/mol. The molecule has 0 unspecified atom stereocenters. The third-order valence-electron chi connectivity index (χ3n) is 4.77. The van der Waals surface area contributed by atoms with E-state index in [9.17, 15) is 18.0 Å². The van der Waals surface area contributed by atoms with Gasteiger partial charge in [-0.1, -0.05) is 18.2 Å². The summed E-state index contributed by atoms with van der Waals surface area (Å²) in [4.78, 5) is 24.3. The zero-order valence-electron chi connectivity index (χ0n) is 17.4. The summed E-state index contributed by atoms with van der Waals surface area (Å²) in [5, 5.41) is 2.57. The Morgan fingerprint density at radius 1 is 1.06 bits per heavy atom. The summed E-state index contributed by atoms with van der Waals surface area (Å²) < 4.78 is 37.1. The number of rotatable bonds is 9. The summed E-state index contributed by atoms with van der Waals surface area (Å²) in [6, 6.07) is 13.1. The van der Waals surface area contributed by atoms with Crippen LogP contribution in [0, 0.1) is 0 Å². The Morgan fingerprint density at radius 2 is 1.77 bits per heavy atom. The van der Waals surface area contributed by atoms with E-state index in [4.69, 9.17) is 9.47 Å². The second-order valence-electron chi connectivity index (χ2n) is 7.10. The monoisotopic (exact) mass is 446 g/mol. The Hall–Kier alpha value is -2.91. The van der Waals surface area contributed by atoms with Gasteiger partial charge in [-0.15, -0.1) is 0 Å². The molecule has 0 aromatic heterocycles. The summed E-state index contributed by atoms with van der Waals surface area (Å²) in [5.41, 5.74) is 1.07. The molecule has 1 amide bonds. The second kappa shape index (κ2) is 10.4. The Balaban J connectivity index is 1.51. The molecule has 2 aromatic rings. The molecule has 166 valence electrons. The van der Waals surface area contributed by atoms with Crippen LogP contribution in [-0.2, 0) is 30.8 Å². The van der Waals surface area contributed by atoms with Crippen LogP contribution in [0.3, 0.4) is 0 Å². The van der Waals surface area contributed by atoms with Crippen LogP contribution in [0.4, 0.5) is 5.69 Å². The van der Waals surface area contributed by atoms with Gasteiger partial charge < -0.3 is 14.8 Å². The fourth-order valence-corrected chi connectivity index (χ4v) is 4.81. The molecule has 2 aromatic carbocycles. The second-order valence-corrected chi connectivity index (χ2v) is 9.04. The highest BCUT2D eigenvalue weighted by atomic mass is 32.2. The number of sulfonamides is 1. The quantitative estimate of drug-likeness (QED) is 0.594. The normalized spacial score (nSPS) is 14.2. The van der Waals surface area contributed by atoms with Crippen molar-refractivity contribution in [2.24, 2.45) is 0 Å². The molecule has 1 fully saturated rings. The molecule has 31 heavy (non-hydrogen) atoms. The molecule has 0 spiro atoms. The van der Waals surface area contributed by atoms with Crippen molar-refractivity contribution in [1.82, 2.24) is 4.31 Å². The van der Waals surface area contributed by atoms with Crippen molar-refractivity contribution >= 4 is 27.6 Å². The summed E-state index contributed by atoms with van der Waals surface area (Å²) >= 11 is 0. The Labute approximate surface area is 182 Å². The highest BCUT2D eigenvalue weighted by Crippen LogP contribution is 2.23. The number of carbonyl (C=O) groups is 2. The number of amides is 1. The van der Waals surface area contributed by atoms with Crippen LogP contribution in [0.1, 0.15) is 25.3 Å². The van der Waals surface area contributed by atoms with Gasteiger partial charge >= 0.3 is 5.97 Å². The highest BCUT2D eigenvalue weighted by Gasteiger charge is 2.27. The number of nitrogens with zero attached hydrogens (tertiary/aromatic N) is 1. The average Bonchev–Trinajstić information content (AvgIpc) is 3.30. The van der Waals surface area contributed by atoms with Gasteiger partial charge in [0.15, 0.2) is 6.61 Å². The molecule has 1 heterocycles. The van der Waals surface area contributed by atoms with Crippen molar-refractivity contribution in [3.8, 4) is 5.75 Å². The number of hydrogen-bond acceptors (Lipinski definition) is 6. The van der Waals surface area contributed by atoms with Crippen LogP contribution >= 0.6 is 0 Å². The number of anilines is 1. The van der Waals surface area contributed by atoms with Crippen LogP contribution in [0.15, 0.2) is 53.4 Å². The molecule has 0 bridgehead atoms. The van der Waals surface area contributed by atoms with E-state index >= 15 is 0 Å². The minimum atomic E-state index is -3.58. The van der Waals surface area contributed by atoms with Crippen LogP contribution in [0.2, 0.25) is 0 Å². The topological polar surface area (TPSA) is 102 Å². The molecule has 1 aliphatic heterocycles. The van der Waals surface area contributed by atoms with Crippen LogP contribution < -0.4 is 10.1 Å². The SMILES string of the molecule is CCOc1ccc(CC(=O)OCC(=O)Nc2cccc(S(=O)(=O)N3CCCC3)c2)cc1.